The summed E-state index contributed by atoms with van der Waals surface area (Å²) in [6.45, 7) is 1.12. The maximum absolute atomic E-state index is 13.0. The molecule has 0 unspecified atom stereocenters. The smallest absolute Gasteiger partial charge is 0.446 e. The van der Waals surface area contributed by atoms with Crippen molar-refractivity contribution in [2.45, 2.75) is 23.5 Å². The minimum Gasteiger partial charge on any atom is -0.462 e. The van der Waals surface area contributed by atoms with Crippen LogP contribution in [-0.4, -0.2) is 18.1 Å². The van der Waals surface area contributed by atoms with Gasteiger partial charge in [0, 0.05) is 4.90 Å². The molecule has 0 radical (unpaired) electrons. The second kappa shape index (κ2) is 6.48. The van der Waals surface area contributed by atoms with Gasteiger partial charge in [-0.15, -0.1) is 0 Å². The monoisotopic (exact) mass is 343 g/mol. The van der Waals surface area contributed by atoms with Gasteiger partial charge >= 0.3 is 17.7 Å². The van der Waals surface area contributed by atoms with Gasteiger partial charge in [0.25, 0.3) is 0 Å². The van der Waals surface area contributed by atoms with Gasteiger partial charge < -0.3 is 4.74 Å². The predicted molar refractivity (Wildman–Crippen MR) is 64.0 cm³/mol. The number of ether oxygens (including phenoxy) is 1. The molecule has 0 saturated heterocycles. The zero-order valence-corrected chi connectivity index (χ0v) is 11.6. The first-order valence-corrected chi connectivity index (χ1v) is 6.40. The van der Waals surface area contributed by atoms with Crippen LogP contribution in [0.25, 0.3) is 0 Å². The number of hydrogen-bond acceptors (Lipinski definition) is 4. The van der Waals surface area contributed by atoms with Crippen LogP contribution < -0.4 is 0 Å². The van der Waals surface area contributed by atoms with Crippen LogP contribution in [-0.2, 0) is 10.9 Å². The van der Waals surface area contributed by atoms with E-state index in [1.165, 1.54) is 13.0 Å². The van der Waals surface area contributed by atoms with Crippen molar-refractivity contribution in [2.75, 3.05) is 6.61 Å². The molecule has 10 heteroatoms. The fourth-order valence-electron chi connectivity index (χ4n) is 1.55. The average Bonchev–Trinajstić information content (AvgIpc) is 2.34. The van der Waals surface area contributed by atoms with Crippen molar-refractivity contribution in [1.29, 1.82) is 5.26 Å². The number of carbonyl (C=O) groups is 1. The van der Waals surface area contributed by atoms with Crippen LogP contribution >= 0.6 is 11.8 Å². The Morgan fingerprint density at radius 1 is 1.27 bits per heavy atom. The van der Waals surface area contributed by atoms with Gasteiger partial charge in [0.2, 0.25) is 0 Å². The summed E-state index contributed by atoms with van der Waals surface area (Å²) in [6.07, 6.45) is -5.23. The van der Waals surface area contributed by atoms with Crippen molar-refractivity contribution in [3.8, 4) is 6.07 Å². The molecule has 0 aliphatic carbocycles. The fourth-order valence-corrected chi connectivity index (χ4v) is 2.37. The maximum atomic E-state index is 13.0. The molecule has 0 heterocycles. The molecule has 0 aliphatic rings. The Bertz CT molecular complexity index is 618. The molecule has 0 saturated carbocycles. The van der Waals surface area contributed by atoms with Gasteiger partial charge in [-0.2, -0.15) is 31.6 Å². The Morgan fingerprint density at radius 2 is 1.86 bits per heavy atom. The van der Waals surface area contributed by atoms with Crippen molar-refractivity contribution < 1.29 is 35.9 Å². The minimum absolute atomic E-state index is 0.226. The lowest BCUT2D eigenvalue weighted by molar-refractivity contribution is -0.140. The summed E-state index contributed by atoms with van der Waals surface area (Å²) in [5, 5.41) is 8.68. The summed E-state index contributed by atoms with van der Waals surface area (Å²) >= 11 is -1.11. The van der Waals surface area contributed by atoms with E-state index in [9.17, 15) is 31.1 Å². The number of nitriles is 1. The molecular formula is C12H7F6NO2S. The van der Waals surface area contributed by atoms with Gasteiger partial charge in [-0.3, -0.25) is 0 Å². The number of thioether (sulfide) groups is 1. The zero-order chi connectivity index (χ0) is 17.1. The molecular weight excluding hydrogens is 336 g/mol. The SMILES string of the molecule is CCOC(=O)c1ccc(C#N)c(C(F)(F)F)c1SC(F)(F)F. The largest absolute Gasteiger partial charge is 0.462 e. The van der Waals surface area contributed by atoms with Gasteiger partial charge in [0.15, 0.2) is 0 Å². The second-order valence-electron chi connectivity index (χ2n) is 3.74. The molecule has 0 bridgehead atoms. The van der Waals surface area contributed by atoms with Crippen LogP contribution in [0.2, 0.25) is 0 Å². The molecule has 0 atom stereocenters. The van der Waals surface area contributed by atoms with Gasteiger partial charge in [-0.1, -0.05) is 0 Å². The topological polar surface area (TPSA) is 50.1 Å². The van der Waals surface area contributed by atoms with E-state index >= 15 is 0 Å². The molecule has 0 aliphatic heterocycles. The Labute approximate surface area is 124 Å². The molecule has 3 nitrogen and oxygen atoms in total. The number of esters is 1. The standard InChI is InChI=1S/C12H7F6NO2S/c1-2-21-10(20)7-4-3-6(5-19)8(11(13,14)15)9(7)22-12(16,17)18/h3-4H,2H2,1H3. The van der Waals surface area contributed by atoms with Crippen LogP contribution in [0.5, 0.6) is 0 Å². The lowest BCUT2D eigenvalue weighted by atomic mass is 10.0. The maximum Gasteiger partial charge on any atom is 0.446 e. The number of carbonyl (C=O) groups excluding carboxylic acids is 1. The summed E-state index contributed by atoms with van der Waals surface area (Å²) in [7, 11) is 0. The molecule has 0 spiro atoms. The lowest BCUT2D eigenvalue weighted by Crippen LogP contribution is -2.17. The summed E-state index contributed by atoms with van der Waals surface area (Å²) in [5.74, 6) is -1.33. The third-order valence-electron chi connectivity index (χ3n) is 2.27. The summed E-state index contributed by atoms with van der Waals surface area (Å²) < 4.78 is 81.1. The van der Waals surface area contributed by atoms with E-state index < -0.39 is 51.0 Å². The van der Waals surface area contributed by atoms with E-state index in [0.717, 1.165) is 0 Å². The second-order valence-corrected chi connectivity index (χ2v) is 4.82. The number of nitrogens with zero attached hydrogens (tertiary/aromatic N) is 1. The summed E-state index contributed by atoms with van der Waals surface area (Å²) in [5.41, 5.74) is -8.78. The first kappa shape index (κ1) is 18.2. The van der Waals surface area contributed by atoms with Gasteiger partial charge in [-0.05, 0) is 30.8 Å². The number of rotatable bonds is 3. The molecule has 0 fully saturated rings. The van der Waals surface area contributed by atoms with E-state index in [1.807, 2.05) is 0 Å². The third-order valence-corrected chi connectivity index (χ3v) is 3.13. The van der Waals surface area contributed by atoms with Crippen LogP contribution in [0.15, 0.2) is 17.0 Å². The molecule has 0 amide bonds. The van der Waals surface area contributed by atoms with Crippen LogP contribution in [0.4, 0.5) is 26.3 Å². The predicted octanol–water partition coefficient (Wildman–Crippen LogP) is 4.37. The minimum atomic E-state index is -5.23. The number of halogens is 6. The van der Waals surface area contributed by atoms with Crippen molar-refractivity contribution >= 4 is 17.7 Å². The van der Waals surface area contributed by atoms with Gasteiger partial charge in [-0.25, -0.2) is 4.79 Å². The first-order chi connectivity index (χ1) is 10.0. The lowest BCUT2D eigenvalue weighted by Gasteiger charge is -2.18. The van der Waals surface area contributed by atoms with Crippen molar-refractivity contribution in [2.24, 2.45) is 0 Å². The van der Waals surface area contributed by atoms with Gasteiger partial charge in [0.1, 0.15) is 0 Å². The quantitative estimate of drug-likeness (QED) is 0.465. The van der Waals surface area contributed by atoms with Crippen molar-refractivity contribution in [1.82, 2.24) is 0 Å². The highest BCUT2D eigenvalue weighted by Crippen LogP contribution is 2.46. The molecule has 0 aromatic heterocycles. The van der Waals surface area contributed by atoms with E-state index in [2.05, 4.69) is 4.74 Å². The van der Waals surface area contributed by atoms with Crippen LogP contribution in [0, 0.1) is 11.3 Å². The summed E-state index contributed by atoms with van der Waals surface area (Å²) in [6, 6.07) is 2.52. The number of hydrogen-bond donors (Lipinski definition) is 0. The molecule has 1 aromatic carbocycles. The van der Waals surface area contributed by atoms with E-state index in [-0.39, 0.29) is 6.61 Å². The van der Waals surface area contributed by atoms with Crippen molar-refractivity contribution in [3.05, 3.63) is 28.8 Å². The highest BCUT2D eigenvalue weighted by atomic mass is 32.2. The Hall–Kier alpha value is -1.89. The fraction of sp³-hybridized carbons (Fsp3) is 0.333. The molecule has 0 N–H and O–H groups in total. The Morgan fingerprint density at radius 3 is 2.27 bits per heavy atom. The van der Waals surface area contributed by atoms with Crippen molar-refractivity contribution in [3.63, 3.8) is 0 Å². The van der Waals surface area contributed by atoms with Crippen LogP contribution in [0.1, 0.15) is 28.4 Å². The zero-order valence-electron chi connectivity index (χ0n) is 10.8. The molecule has 22 heavy (non-hydrogen) atoms. The Balaban J connectivity index is 3.67. The van der Waals surface area contributed by atoms with E-state index in [1.54, 1.807) is 0 Å². The Kier molecular flexibility index (Phi) is 5.35. The molecule has 1 rings (SSSR count). The first-order valence-electron chi connectivity index (χ1n) is 5.58. The normalized spacial score (nSPS) is 11.9. The van der Waals surface area contributed by atoms with E-state index in [4.69, 9.17) is 5.26 Å². The van der Waals surface area contributed by atoms with E-state index in [0.29, 0.717) is 12.1 Å². The number of benzene rings is 1. The van der Waals surface area contributed by atoms with Crippen LogP contribution in [0.3, 0.4) is 0 Å². The number of alkyl halides is 6. The molecule has 120 valence electrons. The highest BCUT2D eigenvalue weighted by molar-refractivity contribution is 8.00. The van der Waals surface area contributed by atoms with Gasteiger partial charge in [0.05, 0.1) is 29.4 Å². The highest BCUT2D eigenvalue weighted by Gasteiger charge is 2.43. The average molecular weight is 343 g/mol. The third kappa shape index (κ3) is 4.30. The molecule has 1 aromatic rings. The summed E-state index contributed by atoms with van der Waals surface area (Å²) in [4.78, 5) is 10.2.